The molecule has 0 saturated carbocycles. The first-order chi connectivity index (χ1) is 6.66. The molecule has 3 heteroatoms. The Balaban J connectivity index is 2.72. The van der Waals surface area contributed by atoms with Crippen LogP contribution >= 0.6 is 11.6 Å². The van der Waals surface area contributed by atoms with E-state index in [1.807, 2.05) is 6.92 Å². The van der Waals surface area contributed by atoms with E-state index >= 15 is 0 Å². The summed E-state index contributed by atoms with van der Waals surface area (Å²) in [6, 6.07) is 0. The van der Waals surface area contributed by atoms with Crippen molar-refractivity contribution in [2.75, 3.05) is 6.61 Å². The van der Waals surface area contributed by atoms with Gasteiger partial charge in [-0.15, -0.1) is 0 Å². The van der Waals surface area contributed by atoms with Crippen molar-refractivity contribution in [3.63, 3.8) is 0 Å². The lowest BCUT2D eigenvalue weighted by atomic mass is 9.84. The molecule has 0 fully saturated rings. The molecule has 0 aromatic rings. The first kappa shape index (κ1) is 11.8. The second-order valence-electron chi connectivity index (χ2n) is 3.91. The summed E-state index contributed by atoms with van der Waals surface area (Å²) in [4.78, 5) is 4.59. The molecule has 2 unspecified atom stereocenters. The zero-order valence-corrected chi connectivity index (χ0v) is 9.55. The fourth-order valence-electron chi connectivity index (χ4n) is 1.85. The average molecular weight is 216 g/mol. The minimum Gasteiger partial charge on any atom is -0.300 e. The van der Waals surface area contributed by atoms with Crippen molar-refractivity contribution < 1.29 is 4.84 Å². The maximum atomic E-state index is 6.29. The van der Waals surface area contributed by atoms with Gasteiger partial charge in [0.2, 0.25) is 0 Å². The van der Waals surface area contributed by atoms with E-state index in [0.29, 0.717) is 18.4 Å². The van der Waals surface area contributed by atoms with Crippen LogP contribution in [0.2, 0.25) is 0 Å². The Morgan fingerprint density at radius 3 is 2.93 bits per heavy atom. The Kier molecular flexibility index (Phi) is 4.66. The highest BCUT2D eigenvalue weighted by Crippen LogP contribution is 2.34. The van der Waals surface area contributed by atoms with Crippen molar-refractivity contribution in [2.24, 2.45) is 17.7 Å². The van der Waals surface area contributed by atoms with Crippen LogP contribution in [0.15, 0.2) is 22.8 Å². The Labute approximate surface area is 90.7 Å². The Hall–Kier alpha value is -0.310. The minimum atomic E-state index is 0.422. The molecule has 2 atom stereocenters. The number of allylic oxidation sites excluding steroid dienone is 3. The van der Waals surface area contributed by atoms with Gasteiger partial charge < -0.3 is 4.84 Å². The van der Waals surface area contributed by atoms with E-state index in [4.69, 9.17) is 17.5 Å². The van der Waals surface area contributed by atoms with Crippen molar-refractivity contribution in [1.29, 1.82) is 0 Å². The van der Waals surface area contributed by atoms with Gasteiger partial charge in [0.05, 0.1) is 6.61 Å². The van der Waals surface area contributed by atoms with Gasteiger partial charge in [0.1, 0.15) is 0 Å². The molecular weight excluding hydrogens is 198 g/mol. The molecule has 1 aliphatic rings. The molecule has 2 N–H and O–H groups in total. The second-order valence-corrected chi connectivity index (χ2v) is 4.32. The predicted molar refractivity (Wildman–Crippen MR) is 59.7 cm³/mol. The van der Waals surface area contributed by atoms with Crippen molar-refractivity contribution in [2.45, 2.75) is 26.7 Å². The smallest absolute Gasteiger partial charge is 0.0901 e. The maximum absolute atomic E-state index is 6.29. The first-order valence-electron chi connectivity index (χ1n) is 5.00. The van der Waals surface area contributed by atoms with E-state index in [2.05, 4.69) is 23.9 Å². The zero-order valence-electron chi connectivity index (χ0n) is 8.79. The molecule has 0 spiro atoms. The second kappa shape index (κ2) is 5.54. The van der Waals surface area contributed by atoms with Gasteiger partial charge in [-0.3, -0.25) is 0 Å². The monoisotopic (exact) mass is 215 g/mol. The van der Waals surface area contributed by atoms with Crippen molar-refractivity contribution in [3.05, 3.63) is 22.8 Å². The summed E-state index contributed by atoms with van der Waals surface area (Å²) in [5.41, 5.74) is 1.04. The fourth-order valence-corrected chi connectivity index (χ4v) is 2.21. The largest absolute Gasteiger partial charge is 0.300 e. The van der Waals surface area contributed by atoms with Crippen LogP contribution in [0.4, 0.5) is 0 Å². The van der Waals surface area contributed by atoms with E-state index in [9.17, 15) is 0 Å². The number of rotatable bonds is 3. The lowest BCUT2D eigenvalue weighted by Gasteiger charge is -2.25. The minimum absolute atomic E-state index is 0.422. The summed E-state index contributed by atoms with van der Waals surface area (Å²) >= 11 is 6.29. The van der Waals surface area contributed by atoms with Gasteiger partial charge in [-0.1, -0.05) is 30.7 Å². The highest BCUT2D eigenvalue weighted by Gasteiger charge is 2.21. The van der Waals surface area contributed by atoms with Crippen LogP contribution in [0.1, 0.15) is 26.7 Å². The van der Waals surface area contributed by atoms with Crippen molar-refractivity contribution >= 4 is 11.6 Å². The van der Waals surface area contributed by atoms with Crippen LogP contribution in [0.3, 0.4) is 0 Å². The molecular formula is C11H18ClNO. The highest BCUT2D eigenvalue weighted by molar-refractivity contribution is 6.30. The third-order valence-electron chi connectivity index (χ3n) is 2.75. The molecule has 0 bridgehead atoms. The molecule has 1 rings (SSSR count). The molecule has 2 nitrogen and oxygen atoms in total. The van der Waals surface area contributed by atoms with Gasteiger partial charge >= 0.3 is 0 Å². The molecule has 1 aliphatic carbocycles. The van der Waals surface area contributed by atoms with Gasteiger partial charge in [-0.05, 0) is 31.3 Å². The van der Waals surface area contributed by atoms with Crippen LogP contribution in [-0.4, -0.2) is 6.61 Å². The SMILES string of the molecule is C/C(CON)=C(/Cl)C1CCC=CC1C. The quantitative estimate of drug-likeness (QED) is 0.580. The Bertz CT molecular complexity index is 248. The Morgan fingerprint density at radius 1 is 1.64 bits per heavy atom. The first-order valence-corrected chi connectivity index (χ1v) is 5.38. The van der Waals surface area contributed by atoms with Gasteiger partial charge in [-0.2, -0.15) is 0 Å². The third kappa shape index (κ3) is 2.84. The molecule has 0 radical (unpaired) electrons. The molecule has 80 valence electrons. The number of halogens is 1. The summed E-state index contributed by atoms with van der Waals surface area (Å²) in [6.45, 7) is 4.59. The summed E-state index contributed by atoms with van der Waals surface area (Å²) in [7, 11) is 0. The van der Waals surface area contributed by atoms with E-state index in [1.165, 1.54) is 0 Å². The number of hydrogen-bond acceptors (Lipinski definition) is 2. The molecule has 0 aromatic carbocycles. The molecule has 0 aromatic heterocycles. The van der Waals surface area contributed by atoms with Crippen LogP contribution in [0.25, 0.3) is 0 Å². The Morgan fingerprint density at radius 2 is 2.36 bits per heavy atom. The molecule has 0 saturated heterocycles. The van der Waals surface area contributed by atoms with Gasteiger partial charge in [0.15, 0.2) is 0 Å². The molecule has 0 heterocycles. The van der Waals surface area contributed by atoms with Crippen molar-refractivity contribution in [1.82, 2.24) is 0 Å². The van der Waals surface area contributed by atoms with Crippen LogP contribution in [-0.2, 0) is 4.84 Å². The van der Waals surface area contributed by atoms with Gasteiger partial charge in [-0.25, -0.2) is 5.90 Å². The molecule has 0 aliphatic heterocycles. The highest BCUT2D eigenvalue weighted by atomic mass is 35.5. The van der Waals surface area contributed by atoms with E-state index < -0.39 is 0 Å². The summed E-state index contributed by atoms with van der Waals surface area (Å²) < 4.78 is 0. The molecule has 14 heavy (non-hydrogen) atoms. The number of hydrogen-bond donors (Lipinski definition) is 1. The average Bonchev–Trinajstić information content (AvgIpc) is 2.18. The summed E-state index contributed by atoms with van der Waals surface area (Å²) in [5, 5.41) is 0.923. The normalized spacial score (nSPS) is 28.9. The van der Waals surface area contributed by atoms with E-state index in [1.54, 1.807) is 0 Å². The van der Waals surface area contributed by atoms with Crippen molar-refractivity contribution in [3.8, 4) is 0 Å². The van der Waals surface area contributed by atoms with E-state index in [-0.39, 0.29) is 0 Å². The number of nitrogens with two attached hydrogens (primary N) is 1. The van der Waals surface area contributed by atoms with Crippen LogP contribution in [0.5, 0.6) is 0 Å². The predicted octanol–water partition coefficient (Wildman–Crippen LogP) is 2.99. The molecule has 0 amide bonds. The van der Waals surface area contributed by atoms with Crippen LogP contribution < -0.4 is 5.90 Å². The van der Waals surface area contributed by atoms with E-state index in [0.717, 1.165) is 23.4 Å². The lowest BCUT2D eigenvalue weighted by Crippen LogP contribution is -2.15. The van der Waals surface area contributed by atoms with Gasteiger partial charge in [0, 0.05) is 11.0 Å². The summed E-state index contributed by atoms with van der Waals surface area (Å²) in [6.07, 6.45) is 6.69. The zero-order chi connectivity index (χ0) is 10.6. The maximum Gasteiger partial charge on any atom is 0.0901 e. The standard InChI is InChI=1S/C11H18ClNO/c1-8-5-3-4-6-10(8)11(12)9(2)7-14-13/h3,5,8,10H,4,6-7,13H2,1-2H3/b11-9-. The van der Waals surface area contributed by atoms with Crippen LogP contribution in [0, 0.1) is 11.8 Å². The lowest BCUT2D eigenvalue weighted by molar-refractivity contribution is 0.160. The topological polar surface area (TPSA) is 35.2 Å². The van der Waals surface area contributed by atoms with Gasteiger partial charge in [0.25, 0.3) is 0 Å². The third-order valence-corrected chi connectivity index (χ3v) is 3.35. The fraction of sp³-hybridized carbons (Fsp3) is 0.636. The summed E-state index contributed by atoms with van der Waals surface area (Å²) in [5.74, 6) is 5.98.